The first-order chi connectivity index (χ1) is 7.98. The first-order valence-corrected chi connectivity index (χ1v) is 6.84. The molecule has 1 heteroatoms. The van der Waals surface area contributed by atoms with E-state index in [2.05, 4.69) is 50.8 Å². The fraction of sp³-hybridized carbons (Fsp3) is 0.625. The zero-order valence-electron chi connectivity index (χ0n) is 11.7. The molecule has 0 aromatic heterocycles. The lowest BCUT2D eigenvalue weighted by molar-refractivity contribution is 0.556. The molecular formula is C16H25N. The van der Waals surface area contributed by atoms with Gasteiger partial charge in [0, 0.05) is 18.8 Å². The Hall–Kier alpha value is -0.980. The van der Waals surface area contributed by atoms with Gasteiger partial charge in [-0.25, -0.2) is 0 Å². The van der Waals surface area contributed by atoms with Crippen LogP contribution in [0.15, 0.2) is 18.2 Å². The highest BCUT2D eigenvalue weighted by atomic mass is 15.1. The smallest absolute Gasteiger partial charge is 0.0404 e. The van der Waals surface area contributed by atoms with Crippen LogP contribution in [0.25, 0.3) is 0 Å². The van der Waals surface area contributed by atoms with Crippen molar-refractivity contribution in [3.8, 4) is 0 Å². The van der Waals surface area contributed by atoms with Gasteiger partial charge in [-0.3, -0.25) is 0 Å². The molecule has 0 radical (unpaired) electrons. The Labute approximate surface area is 106 Å². The average molecular weight is 231 g/mol. The summed E-state index contributed by atoms with van der Waals surface area (Å²) in [6.07, 6.45) is 4.09. The summed E-state index contributed by atoms with van der Waals surface area (Å²) in [5.41, 5.74) is 4.57. The summed E-state index contributed by atoms with van der Waals surface area (Å²) in [7, 11) is 0. The van der Waals surface area contributed by atoms with Crippen molar-refractivity contribution in [1.82, 2.24) is 0 Å². The highest BCUT2D eigenvalue weighted by Gasteiger charge is 2.22. The highest BCUT2D eigenvalue weighted by Crippen LogP contribution is 2.34. The van der Waals surface area contributed by atoms with E-state index >= 15 is 0 Å². The normalized spacial score (nSPS) is 17.3. The molecular weight excluding hydrogens is 206 g/mol. The van der Waals surface area contributed by atoms with Gasteiger partial charge in [0.25, 0.3) is 0 Å². The second kappa shape index (κ2) is 4.72. The van der Waals surface area contributed by atoms with Gasteiger partial charge in [0.15, 0.2) is 0 Å². The van der Waals surface area contributed by atoms with E-state index in [9.17, 15) is 0 Å². The van der Waals surface area contributed by atoms with Crippen LogP contribution in [0.4, 0.5) is 5.69 Å². The summed E-state index contributed by atoms with van der Waals surface area (Å²) < 4.78 is 0. The molecule has 1 heterocycles. The van der Waals surface area contributed by atoms with Crippen LogP contribution in [0.1, 0.15) is 51.2 Å². The number of benzene rings is 1. The van der Waals surface area contributed by atoms with Crippen LogP contribution in [0.3, 0.4) is 0 Å². The van der Waals surface area contributed by atoms with Crippen molar-refractivity contribution >= 4 is 5.69 Å². The second-order valence-corrected chi connectivity index (χ2v) is 6.32. The maximum Gasteiger partial charge on any atom is 0.0404 e. The quantitative estimate of drug-likeness (QED) is 0.697. The lowest BCUT2D eigenvalue weighted by atomic mass is 9.84. The fourth-order valence-electron chi connectivity index (χ4n) is 2.66. The van der Waals surface area contributed by atoms with Crippen molar-refractivity contribution in [2.75, 3.05) is 18.0 Å². The van der Waals surface area contributed by atoms with Gasteiger partial charge >= 0.3 is 0 Å². The summed E-state index contributed by atoms with van der Waals surface area (Å²) in [4.78, 5) is 2.57. The molecule has 0 atom stereocenters. The maximum atomic E-state index is 2.57. The van der Waals surface area contributed by atoms with Crippen LogP contribution >= 0.6 is 0 Å². The summed E-state index contributed by atoms with van der Waals surface area (Å²) in [6.45, 7) is 11.6. The number of hydrogen-bond acceptors (Lipinski definition) is 1. The van der Waals surface area contributed by atoms with Crippen molar-refractivity contribution < 1.29 is 0 Å². The minimum Gasteiger partial charge on any atom is -0.371 e. The molecule has 0 unspecified atom stereocenters. The van der Waals surface area contributed by atoms with Gasteiger partial charge < -0.3 is 4.90 Å². The summed E-state index contributed by atoms with van der Waals surface area (Å²) in [5.74, 6) is 0. The predicted octanol–water partition coefficient (Wildman–Crippen LogP) is 4.28. The van der Waals surface area contributed by atoms with Crippen LogP contribution in [-0.4, -0.2) is 13.1 Å². The maximum absolute atomic E-state index is 2.57. The Morgan fingerprint density at radius 1 is 1.00 bits per heavy atom. The van der Waals surface area contributed by atoms with E-state index in [4.69, 9.17) is 0 Å². The van der Waals surface area contributed by atoms with Gasteiger partial charge in [0.2, 0.25) is 0 Å². The van der Waals surface area contributed by atoms with Gasteiger partial charge in [0.05, 0.1) is 0 Å². The summed E-state index contributed by atoms with van der Waals surface area (Å²) >= 11 is 0. The standard InChI is InChI=1S/C16H25N/c1-13-8-9-15(14(12-13)16(2,3)4)17-10-6-5-7-11-17/h8-9,12H,5-7,10-11H2,1-4H3. The Balaban J connectivity index is 2.38. The van der Waals surface area contributed by atoms with Crippen molar-refractivity contribution in [3.05, 3.63) is 29.3 Å². The molecule has 1 aromatic rings. The van der Waals surface area contributed by atoms with Gasteiger partial charge in [-0.05, 0) is 43.2 Å². The molecule has 0 spiro atoms. The zero-order valence-corrected chi connectivity index (χ0v) is 11.7. The molecule has 1 nitrogen and oxygen atoms in total. The van der Waals surface area contributed by atoms with Gasteiger partial charge in [-0.2, -0.15) is 0 Å². The Morgan fingerprint density at radius 2 is 1.65 bits per heavy atom. The second-order valence-electron chi connectivity index (χ2n) is 6.32. The summed E-state index contributed by atoms with van der Waals surface area (Å²) in [6, 6.07) is 6.93. The Kier molecular flexibility index (Phi) is 3.46. The van der Waals surface area contributed by atoms with E-state index in [0.717, 1.165) is 0 Å². The fourth-order valence-corrected chi connectivity index (χ4v) is 2.66. The topological polar surface area (TPSA) is 3.24 Å². The number of piperidine rings is 1. The van der Waals surface area contributed by atoms with E-state index in [1.165, 1.54) is 49.2 Å². The van der Waals surface area contributed by atoms with Crippen LogP contribution in [0.2, 0.25) is 0 Å². The van der Waals surface area contributed by atoms with Crippen molar-refractivity contribution in [2.24, 2.45) is 0 Å². The first-order valence-electron chi connectivity index (χ1n) is 6.84. The Bertz CT molecular complexity index is 381. The van der Waals surface area contributed by atoms with Gasteiger partial charge in [-0.1, -0.05) is 38.5 Å². The van der Waals surface area contributed by atoms with Crippen LogP contribution in [-0.2, 0) is 5.41 Å². The molecule has 1 saturated heterocycles. The van der Waals surface area contributed by atoms with Gasteiger partial charge in [0.1, 0.15) is 0 Å². The SMILES string of the molecule is Cc1ccc(N2CCCCC2)c(C(C)(C)C)c1. The molecule has 1 fully saturated rings. The lowest BCUT2D eigenvalue weighted by Gasteiger charge is -2.34. The lowest BCUT2D eigenvalue weighted by Crippen LogP contribution is -2.31. The van der Waals surface area contributed by atoms with E-state index in [-0.39, 0.29) is 5.41 Å². The molecule has 1 aliphatic heterocycles. The van der Waals surface area contributed by atoms with E-state index in [0.29, 0.717) is 0 Å². The molecule has 0 amide bonds. The number of aryl methyl sites for hydroxylation is 1. The van der Waals surface area contributed by atoms with Crippen LogP contribution in [0, 0.1) is 6.92 Å². The number of nitrogens with zero attached hydrogens (tertiary/aromatic N) is 1. The van der Waals surface area contributed by atoms with E-state index in [1.807, 2.05) is 0 Å². The van der Waals surface area contributed by atoms with Crippen LogP contribution < -0.4 is 4.90 Å². The molecule has 1 aliphatic rings. The Morgan fingerprint density at radius 3 is 2.24 bits per heavy atom. The zero-order chi connectivity index (χ0) is 12.5. The minimum atomic E-state index is 0.235. The number of hydrogen-bond donors (Lipinski definition) is 0. The summed E-state index contributed by atoms with van der Waals surface area (Å²) in [5, 5.41) is 0. The number of rotatable bonds is 1. The molecule has 0 saturated carbocycles. The molecule has 1 aromatic carbocycles. The van der Waals surface area contributed by atoms with E-state index in [1.54, 1.807) is 0 Å². The third-order valence-electron chi connectivity index (χ3n) is 3.66. The molecule has 2 rings (SSSR count). The number of anilines is 1. The van der Waals surface area contributed by atoms with E-state index < -0.39 is 0 Å². The molecule has 0 aliphatic carbocycles. The van der Waals surface area contributed by atoms with Crippen molar-refractivity contribution in [2.45, 2.75) is 52.4 Å². The largest absolute Gasteiger partial charge is 0.371 e. The van der Waals surface area contributed by atoms with Crippen molar-refractivity contribution in [1.29, 1.82) is 0 Å². The third-order valence-corrected chi connectivity index (χ3v) is 3.66. The predicted molar refractivity (Wildman–Crippen MR) is 75.9 cm³/mol. The third kappa shape index (κ3) is 2.83. The van der Waals surface area contributed by atoms with Crippen molar-refractivity contribution in [3.63, 3.8) is 0 Å². The molecule has 0 N–H and O–H groups in total. The molecule has 94 valence electrons. The van der Waals surface area contributed by atoms with Crippen LogP contribution in [0.5, 0.6) is 0 Å². The monoisotopic (exact) mass is 231 g/mol. The molecule has 0 bridgehead atoms. The minimum absolute atomic E-state index is 0.235. The molecule has 17 heavy (non-hydrogen) atoms. The first kappa shape index (κ1) is 12.5. The van der Waals surface area contributed by atoms with Gasteiger partial charge in [-0.15, -0.1) is 0 Å². The highest BCUT2D eigenvalue weighted by molar-refractivity contribution is 5.57. The average Bonchev–Trinajstić information content (AvgIpc) is 2.29.